The molecule has 0 atom stereocenters. The maximum absolute atomic E-state index is 12.0. The summed E-state index contributed by atoms with van der Waals surface area (Å²) in [5.74, 6) is 0.365. The number of nitrogen functional groups attached to an aromatic ring is 1. The molecule has 21 heavy (non-hydrogen) atoms. The van der Waals surface area contributed by atoms with E-state index in [1.807, 2.05) is 32.0 Å². The Bertz CT molecular complexity index is 768. The highest BCUT2D eigenvalue weighted by Gasteiger charge is 2.25. The normalized spacial score (nSPS) is 11.9. The van der Waals surface area contributed by atoms with E-state index >= 15 is 0 Å². The average molecular weight is 373 g/mol. The van der Waals surface area contributed by atoms with Gasteiger partial charge in [-0.1, -0.05) is 22.0 Å². The van der Waals surface area contributed by atoms with E-state index in [0.717, 1.165) is 10.7 Å². The zero-order valence-electron chi connectivity index (χ0n) is 12.0. The van der Waals surface area contributed by atoms with Gasteiger partial charge in [-0.3, -0.25) is 0 Å². The van der Waals surface area contributed by atoms with Crippen LogP contribution in [0, 0.1) is 0 Å². The second kappa shape index (κ2) is 5.69. The van der Waals surface area contributed by atoms with E-state index in [2.05, 4.69) is 26.3 Å². The quantitative estimate of drug-likeness (QED) is 0.859. The van der Waals surface area contributed by atoms with Crippen molar-refractivity contribution in [1.82, 2.24) is 9.78 Å². The van der Waals surface area contributed by atoms with Crippen LogP contribution >= 0.6 is 15.9 Å². The first-order valence-corrected chi connectivity index (χ1v) is 8.99. The van der Waals surface area contributed by atoms with Gasteiger partial charge in [0.25, 0.3) is 0 Å². The number of aromatic nitrogens is 2. The summed E-state index contributed by atoms with van der Waals surface area (Å²) in [6.07, 6.45) is 1.12. The van der Waals surface area contributed by atoms with E-state index < -0.39 is 9.84 Å². The van der Waals surface area contributed by atoms with Crippen molar-refractivity contribution < 1.29 is 8.42 Å². The Morgan fingerprint density at radius 1 is 1.38 bits per heavy atom. The van der Waals surface area contributed by atoms with Crippen LogP contribution < -0.4 is 11.1 Å². The highest BCUT2D eigenvalue weighted by Crippen LogP contribution is 2.30. The van der Waals surface area contributed by atoms with Crippen molar-refractivity contribution in [3.8, 4) is 5.69 Å². The summed E-state index contributed by atoms with van der Waals surface area (Å²) in [7, 11) is -3.49. The molecule has 1 heterocycles. The maximum Gasteiger partial charge on any atom is 0.182 e. The topological polar surface area (TPSA) is 90.0 Å². The molecule has 0 saturated heterocycles. The molecule has 0 unspecified atom stereocenters. The largest absolute Gasteiger partial charge is 0.382 e. The molecule has 0 radical (unpaired) electrons. The van der Waals surface area contributed by atoms with Gasteiger partial charge >= 0.3 is 0 Å². The number of nitrogens with zero attached hydrogens (tertiary/aromatic N) is 2. The zero-order valence-corrected chi connectivity index (χ0v) is 14.4. The molecule has 0 aliphatic rings. The Morgan fingerprint density at radius 3 is 2.57 bits per heavy atom. The Morgan fingerprint density at radius 2 is 2.05 bits per heavy atom. The van der Waals surface area contributed by atoms with Crippen LogP contribution in [-0.4, -0.2) is 30.5 Å². The maximum atomic E-state index is 12.0. The lowest BCUT2D eigenvalue weighted by Crippen LogP contribution is -2.13. The van der Waals surface area contributed by atoms with Gasteiger partial charge in [0.05, 0.1) is 5.69 Å². The molecular formula is C13H17BrN4O2S. The number of anilines is 2. The summed E-state index contributed by atoms with van der Waals surface area (Å²) in [6, 6.07) is 7.36. The monoisotopic (exact) mass is 372 g/mol. The third-order valence-electron chi connectivity index (χ3n) is 2.72. The molecule has 1 aromatic carbocycles. The van der Waals surface area contributed by atoms with Gasteiger partial charge in [-0.05, 0) is 32.0 Å². The van der Waals surface area contributed by atoms with Gasteiger partial charge in [-0.25, -0.2) is 13.1 Å². The molecule has 0 amide bonds. The van der Waals surface area contributed by atoms with Crippen LogP contribution in [0.2, 0.25) is 0 Å². The molecule has 0 saturated carbocycles. The third kappa shape index (κ3) is 3.38. The Kier molecular flexibility index (Phi) is 4.29. The van der Waals surface area contributed by atoms with Crippen LogP contribution in [0.1, 0.15) is 13.8 Å². The standard InChI is InChI=1S/C13H17BrN4O2S/c1-8(2)16-13-11(21(3,19)20)12(15)18(17-13)10-6-4-5-9(14)7-10/h4-8H,15H2,1-3H3,(H,16,17). The first kappa shape index (κ1) is 15.8. The van der Waals surface area contributed by atoms with Crippen LogP contribution in [-0.2, 0) is 9.84 Å². The highest BCUT2D eigenvalue weighted by molar-refractivity contribution is 9.10. The molecular weight excluding hydrogens is 356 g/mol. The molecule has 3 N–H and O–H groups in total. The van der Waals surface area contributed by atoms with Crippen molar-refractivity contribution in [2.24, 2.45) is 0 Å². The lowest BCUT2D eigenvalue weighted by molar-refractivity contribution is 0.602. The zero-order chi connectivity index (χ0) is 15.8. The molecule has 8 heteroatoms. The molecule has 0 aliphatic heterocycles. The summed E-state index contributed by atoms with van der Waals surface area (Å²) in [5, 5.41) is 7.33. The summed E-state index contributed by atoms with van der Waals surface area (Å²) >= 11 is 3.37. The second-order valence-corrected chi connectivity index (χ2v) is 7.89. The Hall–Kier alpha value is -1.54. The number of hydrogen-bond donors (Lipinski definition) is 2. The third-order valence-corrected chi connectivity index (χ3v) is 4.36. The average Bonchev–Trinajstić information content (AvgIpc) is 2.64. The van der Waals surface area contributed by atoms with Crippen molar-refractivity contribution in [1.29, 1.82) is 0 Å². The summed E-state index contributed by atoms with van der Waals surface area (Å²) in [6.45, 7) is 3.81. The number of hydrogen-bond acceptors (Lipinski definition) is 5. The SMILES string of the molecule is CC(C)Nc1nn(-c2cccc(Br)c2)c(N)c1S(C)(=O)=O. The van der Waals surface area contributed by atoms with E-state index in [9.17, 15) is 8.42 Å². The van der Waals surface area contributed by atoms with Crippen LogP contribution in [0.4, 0.5) is 11.6 Å². The van der Waals surface area contributed by atoms with E-state index in [1.54, 1.807) is 6.07 Å². The van der Waals surface area contributed by atoms with Gasteiger partial charge in [-0.2, -0.15) is 0 Å². The smallest absolute Gasteiger partial charge is 0.182 e. The molecule has 114 valence electrons. The predicted molar refractivity (Wildman–Crippen MR) is 87.5 cm³/mol. The molecule has 2 rings (SSSR count). The molecule has 0 spiro atoms. The van der Waals surface area contributed by atoms with Crippen LogP contribution in [0.5, 0.6) is 0 Å². The number of nitrogens with two attached hydrogens (primary N) is 1. The molecule has 6 nitrogen and oxygen atoms in total. The van der Waals surface area contributed by atoms with Crippen LogP contribution in [0.25, 0.3) is 5.69 Å². The van der Waals surface area contributed by atoms with Crippen molar-refractivity contribution in [2.45, 2.75) is 24.8 Å². The van der Waals surface area contributed by atoms with Gasteiger partial charge in [0.2, 0.25) is 0 Å². The fraction of sp³-hybridized carbons (Fsp3) is 0.308. The molecule has 2 aromatic rings. The minimum atomic E-state index is -3.49. The van der Waals surface area contributed by atoms with Crippen molar-refractivity contribution in [3.63, 3.8) is 0 Å². The number of nitrogens with one attached hydrogen (secondary N) is 1. The van der Waals surface area contributed by atoms with Gasteiger partial charge < -0.3 is 11.1 Å². The van der Waals surface area contributed by atoms with Gasteiger partial charge in [-0.15, -0.1) is 5.10 Å². The predicted octanol–water partition coefficient (Wildman–Crippen LogP) is 2.44. The number of rotatable bonds is 4. The fourth-order valence-corrected chi connectivity index (χ4v) is 3.26. The molecule has 0 bridgehead atoms. The number of halogens is 1. The highest BCUT2D eigenvalue weighted by atomic mass is 79.9. The Labute approximate surface area is 132 Å². The van der Waals surface area contributed by atoms with Gasteiger partial charge in [0, 0.05) is 16.8 Å². The van der Waals surface area contributed by atoms with Crippen molar-refractivity contribution in [3.05, 3.63) is 28.7 Å². The first-order valence-electron chi connectivity index (χ1n) is 6.31. The lowest BCUT2D eigenvalue weighted by Gasteiger charge is -2.07. The molecule has 1 aromatic heterocycles. The minimum absolute atomic E-state index is 0.0242. The van der Waals surface area contributed by atoms with E-state index in [1.165, 1.54) is 4.68 Å². The summed E-state index contributed by atoms with van der Waals surface area (Å²) in [4.78, 5) is 0.0242. The number of benzene rings is 1. The molecule has 0 fully saturated rings. The van der Waals surface area contributed by atoms with Crippen molar-refractivity contribution in [2.75, 3.05) is 17.3 Å². The van der Waals surface area contributed by atoms with E-state index in [0.29, 0.717) is 5.69 Å². The van der Waals surface area contributed by atoms with Crippen LogP contribution in [0.15, 0.2) is 33.6 Å². The Balaban J connectivity index is 2.67. The van der Waals surface area contributed by atoms with E-state index in [4.69, 9.17) is 5.73 Å². The lowest BCUT2D eigenvalue weighted by atomic mass is 10.3. The van der Waals surface area contributed by atoms with Gasteiger partial charge in [0.15, 0.2) is 20.6 Å². The van der Waals surface area contributed by atoms with Crippen LogP contribution in [0.3, 0.4) is 0 Å². The minimum Gasteiger partial charge on any atom is -0.382 e. The van der Waals surface area contributed by atoms with Crippen molar-refractivity contribution >= 4 is 37.4 Å². The number of sulfone groups is 1. The van der Waals surface area contributed by atoms with E-state index in [-0.39, 0.29) is 22.6 Å². The molecule has 0 aliphatic carbocycles. The summed E-state index contributed by atoms with van der Waals surface area (Å²) < 4.78 is 26.2. The van der Waals surface area contributed by atoms with Gasteiger partial charge in [0.1, 0.15) is 5.82 Å². The first-order chi connectivity index (χ1) is 9.70. The fourth-order valence-electron chi connectivity index (χ4n) is 1.95. The summed E-state index contributed by atoms with van der Waals surface area (Å²) in [5.41, 5.74) is 6.70. The second-order valence-electron chi connectivity index (χ2n) is 5.03.